The molecule has 1 amide bonds. The molecular formula is C14H20Cl2F2N2O. The van der Waals surface area contributed by atoms with Gasteiger partial charge in [0.15, 0.2) is 11.6 Å². The number of carbonyl (C=O) groups is 1. The first-order chi connectivity index (χ1) is 9.18. The summed E-state index contributed by atoms with van der Waals surface area (Å²) in [5, 5.41) is 2.61. The summed E-state index contributed by atoms with van der Waals surface area (Å²) in [6, 6.07) is 1.58. The molecule has 7 heteroatoms. The van der Waals surface area contributed by atoms with E-state index in [9.17, 15) is 13.6 Å². The molecule has 0 aliphatic carbocycles. The molecule has 1 aromatic rings. The fraction of sp³-hybridized carbons (Fsp3) is 0.500. The number of hydrogen-bond donors (Lipinski definition) is 2. The van der Waals surface area contributed by atoms with Crippen molar-refractivity contribution >= 4 is 29.9 Å². The predicted molar refractivity (Wildman–Crippen MR) is 83.0 cm³/mol. The van der Waals surface area contributed by atoms with Gasteiger partial charge in [-0.25, -0.2) is 8.78 Å². The molecule has 21 heavy (non-hydrogen) atoms. The lowest BCUT2D eigenvalue weighted by molar-refractivity contribution is 0.0898. The third-order valence-corrected chi connectivity index (χ3v) is 3.29. The van der Waals surface area contributed by atoms with Gasteiger partial charge in [-0.3, -0.25) is 4.79 Å². The van der Waals surface area contributed by atoms with E-state index in [1.54, 1.807) is 6.92 Å². The molecule has 3 N–H and O–H groups in total. The van der Waals surface area contributed by atoms with Crippen LogP contribution in [0.3, 0.4) is 0 Å². The summed E-state index contributed by atoms with van der Waals surface area (Å²) in [6.45, 7) is 6.05. The monoisotopic (exact) mass is 340 g/mol. The van der Waals surface area contributed by atoms with E-state index in [1.807, 2.05) is 13.8 Å². The van der Waals surface area contributed by atoms with Crippen molar-refractivity contribution in [2.24, 2.45) is 11.7 Å². The smallest absolute Gasteiger partial charge is 0.253 e. The first-order valence-electron chi connectivity index (χ1n) is 6.35. The second-order valence-corrected chi connectivity index (χ2v) is 5.97. The molecule has 0 radical (unpaired) electrons. The van der Waals surface area contributed by atoms with E-state index in [2.05, 4.69) is 5.32 Å². The Hall–Kier alpha value is -0.910. The number of amides is 1. The summed E-state index contributed by atoms with van der Waals surface area (Å²) in [7, 11) is 0. The molecule has 1 rings (SSSR count). The highest BCUT2D eigenvalue weighted by Crippen LogP contribution is 2.22. The molecule has 0 bridgehead atoms. The minimum absolute atomic E-state index is 0. The van der Waals surface area contributed by atoms with Crippen molar-refractivity contribution in [2.75, 3.05) is 6.54 Å². The topological polar surface area (TPSA) is 55.1 Å². The lowest BCUT2D eigenvalue weighted by Crippen LogP contribution is -2.52. The molecule has 0 saturated carbocycles. The van der Waals surface area contributed by atoms with Crippen LogP contribution >= 0.6 is 24.0 Å². The molecular weight excluding hydrogens is 321 g/mol. The van der Waals surface area contributed by atoms with Crippen molar-refractivity contribution in [3.05, 3.63) is 34.4 Å². The van der Waals surface area contributed by atoms with E-state index in [4.69, 9.17) is 17.3 Å². The van der Waals surface area contributed by atoms with E-state index in [1.165, 1.54) is 0 Å². The summed E-state index contributed by atoms with van der Waals surface area (Å²) < 4.78 is 26.2. The summed E-state index contributed by atoms with van der Waals surface area (Å²) >= 11 is 5.78. The third kappa shape index (κ3) is 5.41. The van der Waals surface area contributed by atoms with Gasteiger partial charge in [-0.2, -0.15) is 0 Å². The van der Waals surface area contributed by atoms with Gasteiger partial charge in [-0.15, -0.1) is 12.4 Å². The van der Waals surface area contributed by atoms with Crippen molar-refractivity contribution in [1.82, 2.24) is 5.32 Å². The number of nitrogens with two attached hydrogens (primary N) is 1. The Morgan fingerprint density at radius 3 is 2.38 bits per heavy atom. The zero-order valence-electron chi connectivity index (χ0n) is 12.2. The summed E-state index contributed by atoms with van der Waals surface area (Å²) in [5.41, 5.74) is 4.96. The fourth-order valence-corrected chi connectivity index (χ4v) is 2.36. The maximum Gasteiger partial charge on any atom is 0.253 e. The second-order valence-electron chi connectivity index (χ2n) is 5.56. The molecule has 0 aliphatic heterocycles. The summed E-state index contributed by atoms with van der Waals surface area (Å²) in [5.74, 6) is -2.44. The Labute approximate surface area is 134 Å². The first-order valence-corrected chi connectivity index (χ1v) is 6.73. The van der Waals surface area contributed by atoms with Gasteiger partial charge in [0.2, 0.25) is 0 Å². The van der Waals surface area contributed by atoms with Crippen molar-refractivity contribution in [3.63, 3.8) is 0 Å². The lowest BCUT2D eigenvalue weighted by Gasteiger charge is -2.31. The van der Waals surface area contributed by atoms with Crippen LogP contribution in [0.2, 0.25) is 5.02 Å². The van der Waals surface area contributed by atoms with Gasteiger partial charge in [0, 0.05) is 12.1 Å². The van der Waals surface area contributed by atoms with Gasteiger partial charge in [0.05, 0.1) is 10.6 Å². The number of benzene rings is 1. The average Bonchev–Trinajstić information content (AvgIpc) is 2.32. The molecule has 0 spiro atoms. The zero-order chi connectivity index (χ0) is 15.5. The van der Waals surface area contributed by atoms with Crippen LogP contribution in [0.15, 0.2) is 12.1 Å². The molecule has 0 saturated heterocycles. The van der Waals surface area contributed by atoms with Gasteiger partial charge in [-0.1, -0.05) is 25.4 Å². The molecule has 0 fully saturated rings. The Balaban J connectivity index is 0.00000400. The third-order valence-electron chi connectivity index (χ3n) is 2.98. The zero-order valence-corrected chi connectivity index (χ0v) is 13.7. The normalized spacial score (nSPS) is 13.5. The lowest BCUT2D eigenvalue weighted by atomic mass is 9.90. The highest BCUT2D eigenvalue weighted by Gasteiger charge is 2.27. The molecule has 1 aromatic carbocycles. The Morgan fingerprint density at radius 2 is 1.90 bits per heavy atom. The minimum Gasteiger partial charge on any atom is -0.346 e. The molecule has 0 aromatic heterocycles. The molecule has 3 nitrogen and oxygen atoms in total. The van der Waals surface area contributed by atoms with Crippen LogP contribution in [0.25, 0.3) is 0 Å². The molecule has 1 atom stereocenters. The minimum atomic E-state index is -1.11. The summed E-state index contributed by atoms with van der Waals surface area (Å²) in [6.07, 6.45) is 0.663. The Kier molecular flexibility index (Phi) is 7.57. The van der Waals surface area contributed by atoms with E-state index in [-0.39, 0.29) is 29.5 Å². The van der Waals surface area contributed by atoms with Crippen LogP contribution in [0.5, 0.6) is 0 Å². The van der Waals surface area contributed by atoms with E-state index in [0.29, 0.717) is 12.3 Å². The second kappa shape index (κ2) is 7.92. The number of rotatable bonds is 5. The van der Waals surface area contributed by atoms with Gasteiger partial charge >= 0.3 is 0 Å². The Morgan fingerprint density at radius 1 is 1.38 bits per heavy atom. The fourth-order valence-electron chi connectivity index (χ4n) is 2.12. The summed E-state index contributed by atoms with van der Waals surface area (Å²) in [4.78, 5) is 12.1. The number of halogens is 4. The van der Waals surface area contributed by atoms with Crippen LogP contribution in [0.4, 0.5) is 8.78 Å². The van der Waals surface area contributed by atoms with Crippen molar-refractivity contribution in [1.29, 1.82) is 0 Å². The van der Waals surface area contributed by atoms with Crippen LogP contribution in [-0.4, -0.2) is 18.0 Å². The molecule has 0 aliphatic rings. The first kappa shape index (κ1) is 20.1. The highest BCUT2D eigenvalue weighted by atomic mass is 35.5. The van der Waals surface area contributed by atoms with E-state index >= 15 is 0 Å². The average molecular weight is 341 g/mol. The van der Waals surface area contributed by atoms with Crippen molar-refractivity contribution in [3.8, 4) is 0 Å². The molecule has 0 heterocycles. The number of nitrogens with one attached hydrogen (secondary N) is 1. The quantitative estimate of drug-likeness (QED) is 0.805. The van der Waals surface area contributed by atoms with Crippen molar-refractivity contribution < 1.29 is 13.6 Å². The van der Waals surface area contributed by atoms with Crippen LogP contribution in [0, 0.1) is 17.6 Å². The predicted octanol–water partition coefficient (Wildman–Crippen LogP) is 3.53. The van der Waals surface area contributed by atoms with Gasteiger partial charge in [0.25, 0.3) is 5.91 Å². The van der Waals surface area contributed by atoms with E-state index in [0.717, 1.165) is 12.1 Å². The van der Waals surface area contributed by atoms with Gasteiger partial charge < -0.3 is 11.1 Å². The van der Waals surface area contributed by atoms with Gasteiger partial charge in [-0.05, 0) is 31.4 Å². The maximum absolute atomic E-state index is 13.2. The number of hydrogen-bond acceptors (Lipinski definition) is 2. The Bertz CT molecular complexity index is 512. The van der Waals surface area contributed by atoms with Crippen LogP contribution < -0.4 is 11.1 Å². The van der Waals surface area contributed by atoms with Gasteiger partial charge in [0.1, 0.15) is 0 Å². The SMILES string of the molecule is CC(C)CC(C)(CN)NC(=O)c1cc(F)c(F)cc1Cl.Cl. The van der Waals surface area contributed by atoms with Crippen LogP contribution in [0.1, 0.15) is 37.6 Å². The molecule has 120 valence electrons. The largest absolute Gasteiger partial charge is 0.346 e. The maximum atomic E-state index is 13.2. The van der Waals surface area contributed by atoms with Crippen molar-refractivity contribution in [2.45, 2.75) is 32.7 Å². The van der Waals surface area contributed by atoms with Crippen LogP contribution in [-0.2, 0) is 0 Å². The molecule has 1 unspecified atom stereocenters. The highest BCUT2D eigenvalue weighted by molar-refractivity contribution is 6.33. The van der Waals surface area contributed by atoms with E-state index < -0.39 is 23.1 Å². The number of carbonyl (C=O) groups excluding carboxylic acids is 1. The standard InChI is InChI=1S/C14H19ClF2N2O.ClH/c1-8(2)6-14(3,7-18)19-13(20)9-4-11(16)12(17)5-10(9)15;/h4-5,8H,6-7,18H2,1-3H3,(H,19,20);1H.